The Kier molecular flexibility index (Phi) is 5.21. The van der Waals surface area contributed by atoms with Gasteiger partial charge in [-0.3, -0.25) is 0 Å². The van der Waals surface area contributed by atoms with Crippen LogP contribution in [0.3, 0.4) is 0 Å². The summed E-state index contributed by atoms with van der Waals surface area (Å²) in [6.45, 7) is 7.58. The smallest absolute Gasteiger partial charge is 0.337 e. The molecule has 5 heteroatoms. The minimum Gasteiger partial charge on any atom is -0.478 e. The lowest BCUT2D eigenvalue weighted by atomic mass is 10.0. The quantitative estimate of drug-likeness (QED) is 0.854. The van der Waals surface area contributed by atoms with Crippen molar-refractivity contribution in [2.75, 3.05) is 32.7 Å². The van der Waals surface area contributed by atoms with E-state index in [0.29, 0.717) is 5.56 Å². The van der Waals surface area contributed by atoms with Crippen molar-refractivity contribution >= 4 is 16.9 Å². The van der Waals surface area contributed by atoms with E-state index < -0.39 is 5.97 Å². The Bertz CT molecular complexity index is 730. The standard InChI is InChI=1S/C19H27N3O2/c1-3-14-11-16-15(5-4-8-22-9-6-20-7-10-22)13-21(2)18(16)17(12-14)19(23)24/h11-13,20H,3-10H2,1-2H3,(H,23,24). The highest BCUT2D eigenvalue weighted by atomic mass is 16.4. The van der Waals surface area contributed by atoms with Crippen LogP contribution in [-0.2, 0) is 19.9 Å². The minimum absolute atomic E-state index is 0.417. The van der Waals surface area contributed by atoms with E-state index in [-0.39, 0.29) is 0 Å². The van der Waals surface area contributed by atoms with Gasteiger partial charge in [-0.05, 0) is 49.1 Å². The Morgan fingerprint density at radius 1 is 1.29 bits per heavy atom. The molecule has 2 N–H and O–H groups in total. The summed E-state index contributed by atoms with van der Waals surface area (Å²) in [6.07, 6.45) is 5.06. The Morgan fingerprint density at radius 2 is 2.04 bits per heavy atom. The number of aryl methyl sites for hydroxylation is 3. The lowest BCUT2D eigenvalue weighted by molar-refractivity contribution is 0.0698. The van der Waals surface area contributed by atoms with Crippen LogP contribution in [0.5, 0.6) is 0 Å². The number of benzene rings is 1. The number of nitrogens with one attached hydrogen (secondary N) is 1. The highest BCUT2D eigenvalue weighted by Crippen LogP contribution is 2.27. The van der Waals surface area contributed by atoms with Crippen LogP contribution in [0.1, 0.15) is 34.8 Å². The molecule has 1 aromatic carbocycles. The van der Waals surface area contributed by atoms with Crippen molar-refractivity contribution in [3.05, 3.63) is 35.0 Å². The molecule has 5 nitrogen and oxygen atoms in total. The lowest BCUT2D eigenvalue weighted by Crippen LogP contribution is -2.43. The zero-order valence-electron chi connectivity index (χ0n) is 14.6. The summed E-state index contributed by atoms with van der Waals surface area (Å²) in [4.78, 5) is 14.1. The SMILES string of the molecule is CCc1cc(C(=O)O)c2c(c1)c(CCCN1CCNCC1)cn2C. The maximum absolute atomic E-state index is 11.6. The Labute approximate surface area is 143 Å². The maximum Gasteiger partial charge on any atom is 0.337 e. The molecule has 0 unspecified atom stereocenters. The fourth-order valence-electron chi connectivity index (χ4n) is 3.68. The van der Waals surface area contributed by atoms with Crippen molar-refractivity contribution in [1.29, 1.82) is 0 Å². The van der Waals surface area contributed by atoms with Crippen molar-refractivity contribution in [2.45, 2.75) is 26.2 Å². The summed E-state index contributed by atoms with van der Waals surface area (Å²) in [5, 5.41) is 14.0. The van der Waals surface area contributed by atoms with Crippen LogP contribution < -0.4 is 5.32 Å². The third-order valence-electron chi connectivity index (χ3n) is 4.99. The van der Waals surface area contributed by atoms with Crippen molar-refractivity contribution in [2.24, 2.45) is 7.05 Å². The minimum atomic E-state index is -0.844. The molecular formula is C19H27N3O2. The molecule has 3 rings (SSSR count). The first-order chi connectivity index (χ1) is 11.6. The van der Waals surface area contributed by atoms with Gasteiger partial charge >= 0.3 is 5.97 Å². The van der Waals surface area contributed by atoms with Crippen LogP contribution in [-0.4, -0.2) is 53.3 Å². The number of fused-ring (bicyclic) bond motifs is 1. The largest absolute Gasteiger partial charge is 0.478 e. The molecule has 0 spiro atoms. The third kappa shape index (κ3) is 3.47. The average molecular weight is 329 g/mol. The molecule has 1 aliphatic heterocycles. The zero-order valence-corrected chi connectivity index (χ0v) is 14.6. The summed E-state index contributed by atoms with van der Waals surface area (Å²) >= 11 is 0. The number of hydrogen-bond acceptors (Lipinski definition) is 3. The predicted molar refractivity (Wildman–Crippen MR) is 96.9 cm³/mol. The maximum atomic E-state index is 11.6. The third-order valence-corrected chi connectivity index (χ3v) is 4.99. The number of carbonyl (C=O) groups is 1. The summed E-state index contributed by atoms with van der Waals surface area (Å²) in [7, 11) is 1.94. The van der Waals surface area contributed by atoms with Crippen molar-refractivity contribution < 1.29 is 9.90 Å². The molecule has 0 atom stereocenters. The van der Waals surface area contributed by atoms with Crippen LogP contribution in [0.25, 0.3) is 10.9 Å². The Hall–Kier alpha value is -1.85. The van der Waals surface area contributed by atoms with Gasteiger partial charge in [-0.25, -0.2) is 4.79 Å². The van der Waals surface area contributed by atoms with Crippen molar-refractivity contribution in [1.82, 2.24) is 14.8 Å². The van der Waals surface area contributed by atoms with Crippen LogP contribution >= 0.6 is 0 Å². The van der Waals surface area contributed by atoms with Gasteiger partial charge in [0.2, 0.25) is 0 Å². The van der Waals surface area contributed by atoms with Crippen LogP contribution in [0.2, 0.25) is 0 Å². The summed E-state index contributed by atoms with van der Waals surface area (Å²) < 4.78 is 1.97. The number of nitrogens with zero attached hydrogens (tertiary/aromatic N) is 2. The second kappa shape index (κ2) is 7.36. The lowest BCUT2D eigenvalue weighted by Gasteiger charge is -2.26. The van der Waals surface area contributed by atoms with Gasteiger partial charge in [0.1, 0.15) is 0 Å². The molecule has 130 valence electrons. The topological polar surface area (TPSA) is 57.5 Å². The van der Waals surface area contributed by atoms with E-state index in [2.05, 4.69) is 29.4 Å². The van der Waals surface area contributed by atoms with Crippen LogP contribution in [0.15, 0.2) is 18.3 Å². The predicted octanol–water partition coefficient (Wildman–Crippen LogP) is 2.28. The summed E-state index contributed by atoms with van der Waals surface area (Å²) in [6, 6.07) is 3.98. The van der Waals surface area contributed by atoms with E-state index in [0.717, 1.165) is 68.5 Å². The molecule has 24 heavy (non-hydrogen) atoms. The van der Waals surface area contributed by atoms with E-state index in [9.17, 15) is 9.90 Å². The molecule has 2 heterocycles. The number of hydrogen-bond donors (Lipinski definition) is 2. The molecule has 0 aliphatic carbocycles. The monoisotopic (exact) mass is 329 g/mol. The number of aromatic nitrogens is 1. The Morgan fingerprint density at radius 3 is 2.71 bits per heavy atom. The van der Waals surface area contributed by atoms with E-state index in [1.54, 1.807) is 0 Å². The van der Waals surface area contributed by atoms with E-state index in [1.807, 2.05) is 17.7 Å². The Balaban J connectivity index is 1.82. The molecule has 0 amide bonds. The van der Waals surface area contributed by atoms with Gasteiger partial charge in [0.25, 0.3) is 0 Å². The normalized spacial score (nSPS) is 15.9. The molecule has 0 radical (unpaired) electrons. The van der Waals surface area contributed by atoms with Crippen molar-refractivity contribution in [3.63, 3.8) is 0 Å². The average Bonchev–Trinajstić information content (AvgIpc) is 2.91. The fraction of sp³-hybridized carbons (Fsp3) is 0.526. The van der Waals surface area contributed by atoms with E-state index in [4.69, 9.17) is 0 Å². The van der Waals surface area contributed by atoms with Gasteiger partial charge < -0.3 is 19.9 Å². The van der Waals surface area contributed by atoms with Gasteiger partial charge in [0.05, 0.1) is 11.1 Å². The van der Waals surface area contributed by atoms with E-state index in [1.165, 1.54) is 5.56 Å². The first-order valence-corrected chi connectivity index (χ1v) is 8.87. The number of piperazine rings is 1. The zero-order chi connectivity index (χ0) is 17.1. The van der Waals surface area contributed by atoms with Gasteiger partial charge in [0.15, 0.2) is 0 Å². The van der Waals surface area contributed by atoms with Gasteiger partial charge in [-0.1, -0.05) is 6.92 Å². The molecule has 1 aliphatic rings. The number of carboxylic acids is 1. The highest BCUT2D eigenvalue weighted by molar-refractivity contribution is 6.03. The number of rotatable bonds is 6. The van der Waals surface area contributed by atoms with Gasteiger partial charge in [-0.2, -0.15) is 0 Å². The van der Waals surface area contributed by atoms with Gasteiger partial charge in [-0.15, -0.1) is 0 Å². The highest BCUT2D eigenvalue weighted by Gasteiger charge is 2.17. The van der Waals surface area contributed by atoms with Crippen molar-refractivity contribution in [3.8, 4) is 0 Å². The first kappa shape index (κ1) is 17.0. The fourth-order valence-corrected chi connectivity index (χ4v) is 3.68. The second-order valence-corrected chi connectivity index (χ2v) is 6.66. The second-order valence-electron chi connectivity index (χ2n) is 6.66. The van der Waals surface area contributed by atoms with Crippen LogP contribution in [0.4, 0.5) is 0 Å². The first-order valence-electron chi connectivity index (χ1n) is 8.87. The summed E-state index contributed by atoms with van der Waals surface area (Å²) in [5.74, 6) is -0.844. The molecule has 0 bridgehead atoms. The molecule has 1 saturated heterocycles. The number of aromatic carboxylic acids is 1. The number of carboxylic acid groups (broad SMARTS) is 1. The summed E-state index contributed by atoms with van der Waals surface area (Å²) in [5.41, 5.74) is 3.62. The van der Waals surface area contributed by atoms with Gasteiger partial charge in [0, 0.05) is 44.8 Å². The van der Waals surface area contributed by atoms with Crippen LogP contribution in [0, 0.1) is 0 Å². The molecular weight excluding hydrogens is 302 g/mol. The molecule has 2 aromatic rings. The molecule has 1 aromatic heterocycles. The molecule has 1 fully saturated rings. The van der Waals surface area contributed by atoms with E-state index >= 15 is 0 Å². The molecule has 0 saturated carbocycles.